The van der Waals surface area contributed by atoms with Gasteiger partial charge in [0.2, 0.25) is 0 Å². The van der Waals surface area contributed by atoms with E-state index in [0.29, 0.717) is 19.1 Å². The molecule has 27 heavy (non-hydrogen) atoms. The van der Waals surface area contributed by atoms with Gasteiger partial charge < -0.3 is 13.1 Å². The van der Waals surface area contributed by atoms with E-state index in [4.69, 9.17) is 4.74 Å². The Morgan fingerprint density at radius 2 is 1.56 bits per heavy atom. The largest absolute Gasteiger partial charge is 0.362 e. The predicted molar refractivity (Wildman–Crippen MR) is 93.2 cm³/mol. The van der Waals surface area contributed by atoms with Crippen molar-refractivity contribution in [3.63, 3.8) is 0 Å². The molecule has 1 aromatic carbocycles. The summed E-state index contributed by atoms with van der Waals surface area (Å²) in [6, 6.07) is 8.79. The fourth-order valence-corrected chi connectivity index (χ4v) is 3.26. The molecule has 0 aromatic heterocycles. The summed E-state index contributed by atoms with van der Waals surface area (Å²) in [6.45, 7) is -0.0262. The first-order valence-electron chi connectivity index (χ1n) is 7.93. The summed E-state index contributed by atoms with van der Waals surface area (Å²) in [7, 11) is -8.09. The second-order valence-electron chi connectivity index (χ2n) is 6.45. The molecule has 0 bridgehead atoms. The van der Waals surface area contributed by atoms with Crippen LogP contribution in [-0.4, -0.2) is 47.4 Å². The van der Waals surface area contributed by atoms with Crippen molar-refractivity contribution in [3.05, 3.63) is 35.9 Å². The Kier molecular flexibility index (Phi) is 6.28. The minimum atomic E-state index is -4.08. The van der Waals surface area contributed by atoms with Crippen molar-refractivity contribution in [2.24, 2.45) is 5.41 Å². The number of rotatable bonds is 9. The van der Waals surface area contributed by atoms with Crippen molar-refractivity contribution in [2.45, 2.75) is 32.0 Å². The molecule has 0 saturated heterocycles. The van der Waals surface area contributed by atoms with Gasteiger partial charge in [0.1, 0.15) is 0 Å². The molecule has 1 aliphatic carbocycles. The van der Waals surface area contributed by atoms with Crippen molar-refractivity contribution in [2.75, 3.05) is 12.5 Å². The molecule has 0 heterocycles. The monoisotopic (exact) mass is 420 g/mol. The van der Waals surface area contributed by atoms with Crippen molar-refractivity contribution >= 4 is 32.2 Å². The van der Waals surface area contributed by atoms with Crippen molar-refractivity contribution in [1.29, 1.82) is 0 Å². The van der Waals surface area contributed by atoms with Crippen LogP contribution >= 0.6 is 0 Å². The van der Waals surface area contributed by atoms with Crippen molar-refractivity contribution in [3.8, 4) is 0 Å². The zero-order valence-electron chi connectivity index (χ0n) is 14.8. The van der Waals surface area contributed by atoms with Gasteiger partial charge in [0, 0.05) is 6.42 Å². The number of carbonyl (C=O) groups is 2. The quantitative estimate of drug-likeness (QED) is 0.531. The van der Waals surface area contributed by atoms with Crippen LogP contribution in [0.5, 0.6) is 0 Å². The van der Waals surface area contributed by atoms with Gasteiger partial charge in [-0.3, -0.25) is 4.79 Å². The van der Waals surface area contributed by atoms with Gasteiger partial charge in [0.25, 0.3) is 0 Å². The summed E-state index contributed by atoms with van der Waals surface area (Å²) in [5.41, 5.74) is -0.501. The van der Waals surface area contributed by atoms with E-state index in [1.807, 2.05) is 0 Å². The van der Waals surface area contributed by atoms with Crippen LogP contribution in [0.25, 0.3) is 0 Å². The van der Waals surface area contributed by atoms with Crippen LogP contribution in [0.15, 0.2) is 30.3 Å². The maximum Gasteiger partial charge on any atom is 0.350 e. The fraction of sp³-hybridized carbons (Fsp3) is 0.500. The van der Waals surface area contributed by atoms with E-state index in [-0.39, 0.29) is 13.0 Å². The Morgan fingerprint density at radius 3 is 2.04 bits per heavy atom. The average molecular weight is 420 g/mol. The molecule has 0 spiro atoms. The van der Waals surface area contributed by atoms with Crippen LogP contribution < -0.4 is 0 Å². The Labute approximate surface area is 157 Å². The fourth-order valence-electron chi connectivity index (χ4n) is 2.41. The third-order valence-corrected chi connectivity index (χ3v) is 4.80. The van der Waals surface area contributed by atoms with E-state index in [1.54, 1.807) is 30.3 Å². The Bertz CT molecular complexity index is 900. The summed E-state index contributed by atoms with van der Waals surface area (Å²) in [5, 5.41) is 0. The van der Waals surface area contributed by atoms with Gasteiger partial charge in [-0.15, -0.1) is 0 Å². The Morgan fingerprint density at radius 1 is 1.00 bits per heavy atom. The highest BCUT2D eigenvalue weighted by Crippen LogP contribution is 2.51. The van der Waals surface area contributed by atoms with Crippen LogP contribution in [0, 0.1) is 5.41 Å². The molecule has 1 aromatic rings. The maximum absolute atomic E-state index is 12.2. The summed E-state index contributed by atoms with van der Waals surface area (Å²) < 4.78 is 59.2. The highest BCUT2D eigenvalue weighted by Gasteiger charge is 2.55. The first-order valence-corrected chi connectivity index (χ1v) is 11.6. The molecule has 11 heteroatoms. The van der Waals surface area contributed by atoms with E-state index in [2.05, 4.69) is 8.37 Å². The van der Waals surface area contributed by atoms with Crippen LogP contribution in [0.1, 0.15) is 24.8 Å². The van der Waals surface area contributed by atoms with Gasteiger partial charge in [0.05, 0.1) is 24.5 Å². The minimum Gasteiger partial charge on any atom is -0.362 e. The second kappa shape index (κ2) is 7.95. The second-order valence-corrected chi connectivity index (χ2v) is 9.60. The van der Waals surface area contributed by atoms with Crippen molar-refractivity contribution < 1.29 is 39.5 Å². The SMILES string of the molecule is CS(=O)(=O)OC(=O)[C@@H](CC1(C(=O)OS(C)(=O)=O)CC1)OCc1ccccc1. The summed E-state index contributed by atoms with van der Waals surface area (Å²) in [5.74, 6) is -2.17. The zero-order valence-corrected chi connectivity index (χ0v) is 16.4. The van der Waals surface area contributed by atoms with Gasteiger partial charge in [-0.1, -0.05) is 30.3 Å². The molecule has 1 saturated carbocycles. The highest BCUT2D eigenvalue weighted by atomic mass is 32.2. The lowest BCUT2D eigenvalue weighted by Gasteiger charge is -2.20. The first-order chi connectivity index (χ1) is 12.4. The third-order valence-electron chi connectivity index (χ3n) is 3.88. The van der Waals surface area contributed by atoms with E-state index in [9.17, 15) is 26.4 Å². The highest BCUT2D eigenvalue weighted by molar-refractivity contribution is 7.86. The molecule has 2 rings (SSSR count). The Balaban J connectivity index is 2.14. The lowest BCUT2D eigenvalue weighted by molar-refractivity contribution is -0.152. The van der Waals surface area contributed by atoms with Crippen LogP contribution in [0.2, 0.25) is 0 Å². The van der Waals surface area contributed by atoms with Gasteiger partial charge in [-0.2, -0.15) is 16.8 Å². The predicted octanol–water partition coefficient (Wildman–Crippen LogP) is 0.748. The molecule has 0 unspecified atom stereocenters. The molecular formula is C16H20O9S2. The molecule has 150 valence electrons. The molecule has 1 aliphatic rings. The molecule has 0 aliphatic heterocycles. The molecule has 1 fully saturated rings. The number of benzene rings is 1. The number of hydrogen-bond donors (Lipinski definition) is 0. The maximum atomic E-state index is 12.2. The summed E-state index contributed by atoms with van der Waals surface area (Å²) >= 11 is 0. The van der Waals surface area contributed by atoms with Crippen molar-refractivity contribution in [1.82, 2.24) is 0 Å². The van der Waals surface area contributed by atoms with Gasteiger partial charge >= 0.3 is 32.2 Å². The zero-order chi connectivity index (χ0) is 20.3. The topological polar surface area (TPSA) is 130 Å². The Hall–Kier alpha value is -1.98. The molecule has 0 N–H and O–H groups in total. The van der Waals surface area contributed by atoms with Gasteiger partial charge in [0.15, 0.2) is 6.10 Å². The molecule has 1 atom stereocenters. The molecular weight excluding hydrogens is 400 g/mol. The molecule has 0 amide bonds. The standard InChI is InChI=1S/C16H20O9S2/c1-26(19,20)24-14(17)13(23-11-12-6-4-3-5-7-12)10-16(8-9-16)15(18)25-27(2,21)22/h3-7,13H,8-11H2,1-2H3/t13-/m1/s1. The van der Waals surface area contributed by atoms with E-state index in [0.717, 1.165) is 11.8 Å². The van der Waals surface area contributed by atoms with E-state index >= 15 is 0 Å². The normalized spacial score (nSPS) is 17.0. The summed E-state index contributed by atoms with van der Waals surface area (Å²) in [6.07, 6.45) is 0.404. The van der Waals surface area contributed by atoms with Gasteiger partial charge in [-0.05, 0) is 18.4 Å². The van der Waals surface area contributed by atoms with E-state index in [1.165, 1.54) is 0 Å². The molecule has 0 radical (unpaired) electrons. The summed E-state index contributed by atoms with van der Waals surface area (Å²) in [4.78, 5) is 24.3. The smallest absolute Gasteiger partial charge is 0.350 e. The minimum absolute atomic E-state index is 0.0262. The van der Waals surface area contributed by atoms with Crippen LogP contribution in [-0.2, 0) is 49.5 Å². The number of hydrogen-bond acceptors (Lipinski definition) is 9. The van der Waals surface area contributed by atoms with Crippen LogP contribution in [0.3, 0.4) is 0 Å². The average Bonchev–Trinajstić information content (AvgIpc) is 3.30. The first kappa shape index (κ1) is 21.3. The molecule has 9 nitrogen and oxygen atoms in total. The third kappa shape index (κ3) is 6.92. The van der Waals surface area contributed by atoms with E-state index < -0.39 is 43.7 Å². The number of carbonyl (C=O) groups excluding carboxylic acids is 2. The van der Waals surface area contributed by atoms with Gasteiger partial charge in [-0.25, -0.2) is 4.79 Å². The lowest BCUT2D eigenvalue weighted by Crippen LogP contribution is -2.34. The number of ether oxygens (including phenoxy) is 1. The van der Waals surface area contributed by atoms with Crippen LogP contribution in [0.4, 0.5) is 0 Å². The lowest BCUT2D eigenvalue weighted by atomic mass is 9.98.